The maximum Gasteiger partial charge on any atom is 0.159 e. The van der Waals surface area contributed by atoms with Gasteiger partial charge in [0.2, 0.25) is 0 Å². The van der Waals surface area contributed by atoms with Crippen LogP contribution < -0.4 is 5.32 Å². The van der Waals surface area contributed by atoms with Crippen molar-refractivity contribution in [3.05, 3.63) is 46.5 Å². The lowest BCUT2D eigenvalue weighted by Crippen LogP contribution is -2.19. The second-order valence-electron chi connectivity index (χ2n) is 4.64. The minimum absolute atomic E-state index is 0.0776. The number of rotatable bonds is 4. The summed E-state index contributed by atoms with van der Waals surface area (Å²) in [6, 6.07) is 4.69. The topological polar surface area (TPSA) is 37.8 Å². The minimum Gasteiger partial charge on any atom is -0.310 e. The molecule has 0 fully saturated rings. The second kappa shape index (κ2) is 6.29. The molecule has 2 aromatic rings. The Morgan fingerprint density at radius 3 is 2.75 bits per heavy atom. The first-order valence-electron chi connectivity index (χ1n) is 6.55. The maximum absolute atomic E-state index is 13.2. The van der Waals surface area contributed by atoms with E-state index in [0.717, 1.165) is 17.8 Å². The summed E-state index contributed by atoms with van der Waals surface area (Å²) in [5.41, 5.74) is 2.68. The molecule has 1 atom stereocenters. The third-order valence-electron chi connectivity index (χ3n) is 3.17. The van der Waals surface area contributed by atoms with Crippen LogP contribution >= 0.6 is 11.6 Å². The fourth-order valence-corrected chi connectivity index (χ4v) is 2.27. The molecule has 2 rings (SSSR count). The van der Waals surface area contributed by atoms with Crippen LogP contribution in [0.4, 0.5) is 4.39 Å². The Morgan fingerprint density at radius 1 is 1.40 bits per heavy atom. The Bertz CT molecular complexity index is 616. The van der Waals surface area contributed by atoms with Gasteiger partial charge < -0.3 is 5.32 Å². The molecule has 1 aromatic carbocycles. The fourth-order valence-electron chi connectivity index (χ4n) is 2.09. The van der Waals surface area contributed by atoms with Crippen LogP contribution in [0.3, 0.4) is 0 Å². The molecule has 0 spiro atoms. The van der Waals surface area contributed by atoms with Gasteiger partial charge >= 0.3 is 0 Å². The molecule has 1 heterocycles. The highest BCUT2D eigenvalue weighted by molar-refractivity contribution is 6.31. The zero-order chi connectivity index (χ0) is 14.7. The van der Waals surface area contributed by atoms with Crippen LogP contribution in [0.25, 0.3) is 11.4 Å². The summed E-state index contributed by atoms with van der Waals surface area (Å²) in [6.07, 6.45) is 1.81. The number of aromatic nitrogens is 2. The first-order valence-corrected chi connectivity index (χ1v) is 6.93. The normalized spacial score (nSPS) is 12.4. The predicted molar refractivity (Wildman–Crippen MR) is 79.3 cm³/mol. The van der Waals surface area contributed by atoms with Crippen molar-refractivity contribution < 1.29 is 4.39 Å². The van der Waals surface area contributed by atoms with E-state index in [1.165, 1.54) is 6.07 Å². The monoisotopic (exact) mass is 293 g/mol. The number of hydrogen-bond donors (Lipinski definition) is 1. The van der Waals surface area contributed by atoms with E-state index in [1.54, 1.807) is 12.1 Å². The zero-order valence-corrected chi connectivity index (χ0v) is 12.5. The summed E-state index contributed by atoms with van der Waals surface area (Å²) in [4.78, 5) is 8.84. The van der Waals surface area contributed by atoms with Gasteiger partial charge in [-0.2, -0.15) is 0 Å². The van der Waals surface area contributed by atoms with Gasteiger partial charge in [0.05, 0.1) is 5.02 Å². The summed E-state index contributed by atoms with van der Waals surface area (Å²) in [7, 11) is 0. The standard InChI is InChI=1S/C15H17ClFN3/c1-4-18-9(2)12-8-19-15(20-10(12)3)11-5-6-14(17)13(16)7-11/h5-9,18H,4H2,1-3H3. The van der Waals surface area contributed by atoms with E-state index >= 15 is 0 Å². The second-order valence-corrected chi connectivity index (χ2v) is 5.05. The molecule has 5 heteroatoms. The third-order valence-corrected chi connectivity index (χ3v) is 3.46. The average molecular weight is 294 g/mol. The van der Waals surface area contributed by atoms with Crippen molar-refractivity contribution in [3.8, 4) is 11.4 Å². The molecule has 0 bridgehead atoms. The molecular weight excluding hydrogens is 277 g/mol. The van der Waals surface area contributed by atoms with Gasteiger partial charge in [-0.25, -0.2) is 14.4 Å². The van der Waals surface area contributed by atoms with Crippen molar-refractivity contribution in [3.63, 3.8) is 0 Å². The molecule has 0 aliphatic carbocycles. The third kappa shape index (κ3) is 3.14. The number of halogens is 2. The van der Waals surface area contributed by atoms with Crippen molar-refractivity contribution in [1.29, 1.82) is 0 Å². The predicted octanol–water partition coefficient (Wildman–Crippen LogP) is 3.92. The van der Waals surface area contributed by atoms with Crippen molar-refractivity contribution in [1.82, 2.24) is 15.3 Å². The van der Waals surface area contributed by atoms with E-state index in [1.807, 2.05) is 13.1 Å². The van der Waals surface area contributed by atoms with Crippen LogP contribution in [-0.4, -0.2) is 16.5 Å². The molecule has 1 N–H and O–H groups in total. The summed E-state index contributed by atoms with van der Waals surface area (Å²) in [5, 5.41) is 3.41. The molecule has 0 aliphatic heterocycles. The zero-order valence-electron chi connectivity index (χ0n) is 11.7. The van der Waals surface area contributed by atoms with Gasteiger partial charge in [-0.1, -0.05) is 18.5 Å². The number of hydrogen-bond acceptors (Lipinski definition) is 3. The van der Waals surface area contributed by atoms with E-state index in [-0.39, 0.29) is 11.1 Å². The average Bonchev–Trinajstić information content (AvgIpc) is 2.42. The highest BCUT2D eigenvalue weighted by Crippen LogP contribution is 2.24. The minimum atomic E-state index is -0.440. The Morgan fingerprint density at radius 2 is 2.15 bits per heavy atom. The number of nitrogens with one attached hydrogen (secondary N) is 1. The lowest BCUT2D eigenvalue weighted by molar-refractivity contribution is 0.590. The van der Waals surface area contributed by atoms with Gasteiger partial charge in [0.25, 0.3) is 0 Å². The highest BCUT2D eigenvalue weighted by atomic mass is 35.5. The fraction of sp³-hybridized carbons (Fsp3) is 0.333. The van der Waals surface area contributed by atoms with Gasteiger partial charge in [0.1, 0.15) is 5.82 Å². The first-order chi connectivity index (χ1) is 9.52. The van der Waals surface area contributed by atoms with E-state index in [4.69, 9.17) is 11.6 Å². The molecule has 3 nitrogen and oxygen atoms in total. The summed E-state index contributed by atoms with van der Waals surface area (Å²) >= 11 is 5.79. The lowest BCUT2D eigenvalue weighted by atomic mass is 10.1. The first kappa shape index (κ1) is 14.9. The van der Waals surface area contributed by atoms with Crippen molar-refractivity contribution >= 4 is 11.6 Å². The van der Waals surface area contributed by atoms with E-state index in [0.29, 0.717) is 11.4 Å². The molecule has 20 heavy (non-hydrogen) atoms. The largest absolute Gasteiger partial charge is 0.310 e. The van der Waals surface area contributed by atoms with Crippen LogP contribution in [0.1, 0.15) is 31.1 Å². The summed E-state index contributed by atoms with van der Waals surface area (Å²) in [6.45, 7) is 6.96. The maximum atomic E-state index is 13.2. The van der Waals surface area contributed by atoms with Gasteiger partial charge in [-0.3, -0.25) is 0 Å². The Labute approximate surface area is 123 Å². The number of benzene rings is 1. The van der Waals surface area contributed by atoms with Crippen molar-refractivity contribution in [2.24, 2.45) is 0 Å². The Kier molecular flexibility index (Phi) is 4.68. The summed E-state index contributed by atoms with van der Waals surface area (Å²) < 4.78 is 13.2. The lowest BCUT2D eigenvalue weighted by Gasteiger charge is -2.15. The van der Waals surface area contributed by atoms with Crippen molar-refractivity contribution in [2.75, 3.05) is 6.54 Å². The number of nitrogens with zero attached hydrogens (tertiary/aromatic N) is 2. The van der Waals surface area contributed by atoms with Gasteiger partial charge in [0, 0.05) is 29.1 Å². The smallest absolute Gasteiger partial charge is 0.159 e. The Balaban J connectivity index is 2.35. The molecular formula is C15H17ClFN3. The molecule has 0 saturated heterocycles. The Hall–Kier alpha value is -1.52. The van der Waals surface area contributed by atoms with E-state index < -0.39 is 5.82 Å². The number of aryl methyl sites for hydroxylation is 1. The van der Waals surface area contributed by atoms with Crippen LogP contribution in [0.15, 0.2) is 24.4 Å². The van der Waals surface area contributed by atoms with Crippen LogP contribution in [-0.2, 0) is 0 Å². The van der Waals surface area contributed by atoms with Gasteiger partial charge in [-0.05, 0) is 38.6 Å². The molecule has 106 valence electrons. The van der Waals surface area contributed by atoms with Crippen LogP contribution in [0, 0.1) is 12.7 Å². The molecule has 0 saturated carbocycles. The molecule has 0 aliphatic rings. The summed E-state index contributed by atoms with van der Waals surface area (Å²) in [5.74, 6) is 0.112. The van der Waals surface area contributed by atoms with E-state index in [2.05, 4.69) is 29.1 Å². The molecule has 1 aromatic heterocycles. The molecule has 1 unspecified atom stereocenters. The van der Waals surface area contributed by atoms with Crippen molar-refractivity contribution in [2.45, 2.75) is 26.8 Å². The van der Waals surface area contributed by atoms with Gasteiger partial charge in [0.15, 0.2) is 5.82 Å². The molecule has 0 amide bonds. The SMILES string of the molecule is CCNC(C)c1cnc(-c2ccc(F)c(Cl)c2)nc1C. The van der Waals surface area contributed by atoms with Crippen LogP contribution in [0.2, 0.25) is 5.02 Å². The highest BCUT2D eigenvalue weighted by Gasteiger charge is 2.11. The van der Waals surface area contributed by atoms with Gasteiger partial charge in [-0.15, -0.1) is 0 Å². The quantitative estimate of drug-likeness (QED) is 0.928. The molecule has 0 radical (unpaired) electrons. The van der Waals surface area contributed by atoms with E-state index in [9.17, 15) is 4.39 Å². The van der Waals surface area contributed by atoms with Crippen LogP contribution in [0.5, 0.6) is 0 Å².